The Bertz CT molecular complexity index is 802. The third-order valence-corrected chi connectivity index (χ3v) is 4.67. The first-order chi connectivity index (χ1) is 10.1. The zero-order valence-electron chi connectivity index (χ0n) is 11.6. The molecule has 21 heavy (non-hydrogen) atoms. The summed E-state index contributed by atoms with van der Waals surface area (Å²) in [5.74, 6) is -0.120. The van der Waals surface area contributed by atoms with Gasteiger partial charge >= 0.3 is 0 Å². The number of nitrogens with one attached hydrogen (secondary N) is 1. The van der Waals surface area contributed by atoms with Gasteiger partial charge in [0.2, 0.25) is 0 Å². The van der Waals surface area contributed by atoms with E-state index in [9.17, 15) is 4.79 Å². The summed E-state index contributed by atoms with van der Waals surface area (Å²) >= 11 is 6.35. The number of fused-ring (bicyclic) bond motifs is 1. The van der Waals surface area contributed by atoms with Crippen molar-refractivity contribution < 1.29 is 4.79 Å². The number of hydrogen-bond donors (Lipinski definition) is 1. The molecule has 1 fully saturated rings. The first-order valence-electron chi connectivity index (χ1n) is 6.55. The van der Waals surface area contributed by atoms with Gasteiger partial charge in [-0.05, 0) is 19.1 Å². The quantitative estimate of drug-likeness (QED) is 0.534. The zero-order chi connectivity index (χ0) is 15.0. The van der Waals surface area contributed by atoms with Gasteiger partial charge in [0.25, 0.3) is 5.91 Å². The van der Waals surface area contributed by atoms with Gasteiger partial charge < -0.3 is 9.88 Å². The monoisotopic (exact) mass is 314 g/mol. The minimum absolute atomic E-state index is 0.120. The van der Waals surface area contributed by atoms with E-state index >= 15 is 0 Å². The van der Waals surface area contributed by atoms with Crippen LogP contribution in [0.1, 0.15) is 11.3 Å². The molecular formula is C16H14N2OS2. The Balaban J connectivity index is 2.21. The number of aromatic nitrogens is 1. The van der Waals surface area contributed by atoms with Crippen LogP contribution in [0.3, 0.4) is 0 Å². The molecule has 1 saturated heterocycles. The first kappa shape index (κ1) is 14.1. The highest BCUT2D eigenvalue weighted by molar-refractivity contribution is 8.26. The summed E-state index contributed by atoms with van der Waals surface area (Å²) < 4.78 is 2.71. The van der Waals surface area contributed by atoms with Gasteiger partial charge in [-0.25, -0.2) is 0 Å². The van der Waals surface area contributed by atoms with Crippen molar-refractivity contribution in [3.63, 3.8) is 0 Å². The third kappa shape index (κ3) is 2.43. The molecule has 0 unspecified atom stereocenters. The van der Waals surface area contributed by atoms with Crippen molar-refractivity contribution in [3.8, 4) is 0 Å². The summed E-state index contributed by atoms with van der Waals surface area (Å²) in [6.45, 7) is 6.62. The molecule has 0 bridgehead atoms. The largest absolute Gasteiger partial charge is 0.340 e. The maximum absolute atomic E-state index is 11.9. The number of benzene rings is 1. The van der Waals surface area contributed by atoms with Gasteiger partial charge in [-0.2, -0.15) is 0 Å². The second-order valence-electron chi connectivity index (χ2n) is 4.77. The van der Waals surface area contributed by atoms with Crippen molar-refractivity contribution in [2.24, 2.45) is 0 Å². The maximum Gasteiger partial charge on any atom is 0.263 e. The van der Waals surface area contributed by atoms with Crippen molar-refractivity contribution in [2.45, 2.75) is 13.5 Å². The first-order valence-corrected chi connectivity index (χ1v) is 7.78. The number of carbonyl (C=O) groups is 1. The Morgan fingerprint density at radius 3 is 2.86 bits per heavy atom. The van der Waals surface area contributed by atoms with Crippen LogP contribution in [0.25, 0.3) is 17.0 Å². The third-order valence-electron chi connectivity index (χ3n) is 3.51. The Hall–Kier alpha value is -1.85. The molecule has 3 nitrogen and oxygen atoms in total. The summed E-state index contributed by atoms with van der Waals surface area (Å²) in [5.41, 5.74) is 3.33. The van der Waals surface area contributed by atoms with Crippen LogP contribution in [0.15, 0.2) is 41.8 Å². The molecule has 106 valence electrons. The summed E-state index contributed by atoms with van der Waals surface area (Å²) in [6.07, 6.45) is 3.80. The Kier molecular flexibility index (Phi) is 3.69. The fourth-order valence-corrected chi connectivity index (χ4v) is 3.58. The summed E-state index contributed by atoms with van der Waals surface area (Å²) in [7, 11) is 0. The number of thioether (sulfide) groups is 1. The van der Waals surface area contributed by atoms with Crippen LogP contribution in [-0.4, -0.2) is 14.8 Å². The molecule has 0 aliphatic carbocycles. The second kappa shape index (κ2) is 5.50. The Labute approximate surface area is 132 Å². The predicted molar refractivity (Wildman–Crippen MR) is 93.2 cm³/mol. The maximum atomic E-state index is 11.9. The van der Waals surface area contributed by atoms with E-state index in [1.165, 1.54) is 11.8 Å². The van der Waals surface area contributed by atoms with Gasteiger partial charge in [-0.15, -0.1) is 6.58 Å². The van der Waals surface area contributed by atoms with Gasteiger partial charge in [-0.1, -0.05) is 48.3 Å². The van der Waals surface area contributed by atoms with Crippen LogP contribution in [0.5, 0.6) is 0 Å². The number of hydrogen-bond acceptors (Lipinski definition) is 3. The second-order valence-corrected chi connectivity index (χ2v) is 6.49. The average molecular weight is 314 g/mol. The average Bonchev–Trinajstić information content (AvgIpc) is 2.91. The number of allylic oxidation sites excluding steroid dienone is 1. The number of amides is 1. The van der Waals surface area contributed by atoms with E-state index in [0.717, 1.165) is 28.7 Å². The van der Waals surface area contributed by atoms with Crippen molar-refractivity contribution in [2.75, 3.05) is 0 Å². The van der Waals surface area contributed by atoms with Gasteiger partial charge in [0.05, 0.1) is 4.91 Å². The molecule has 5 heteroatoms. The predicted octanol–water partition coefficient (Wildman–Crippen LogP) is 3.62. The van der Waals surface area contributed by atoms with Crippen LogP contribution >= 0.6 is 24.0 Å². The topological polar surface area (TPSA) is 34.0 Å². The highest BCUT2D eigenvalue weighted by Crippen LogP contribution is 2.32. The lowest BCUT2D eigenvalue weighted by Gasteiger charge is -2.04. The van der Waals surface area contributed by atoms with Gasteiger partial charge in [0.1, 0.15) is 4.32 Å². The lowest BCUT2D eigenvalue weighted by atomic mass is 10.1. The summed E-state index contributed by atoms with van der Waals surface area (Å²) in [5, 5.41) is 3.79. The molecule has 1 aromatic carbocycles. The standard InChI is InChI=1S/C16H14N2OS2/c1-3-8-18-10(2)12(11-6-4-5-7-13(11)18)9-14-15(19)17-16(20)21-14/h3-7,9H,1,8H2,2H3,(H,17,19,20). The van der Waals surface area contributed by atoms with Crippen LogP contribution < -0.4 is 5.32 Å². The number of carbonyl (C=O) groups excluding carboxylic acids is 1. The number of thiocarbonyl (C=S) groups is 1. The number of para-hydroxylation sites is 1. The molecule has 1 aliphatic heterocycles. The van der Waals surface area contributed by atoms with Crippen LogP contribution in [0, 0.1) is 6.92 Å². The molecule has 2 heterocycles. The van der Waals surface area contributed by atoms with E-state index < -0.39 is 0 Å². The lowest BCUT2D eigenvalue weighted by molar-refractivity contribution is -0.115. The van der Waals surface area contributed by atoms with Crippen LogP contribution in [0.4, 0.5) is 0 Å². The summed E-state index contributed by atoms with van der Waals surface area (Å²) in [6, 6.07) is 8.18. The van der Waals surface area contributed by atoms with E-state index in [4.69, 9.17) is 12.2 Å². The fourth-order valence-electron chi connectivity index (χ4n) is 2.56. The molecule has 0 saturated carbocycles. The van der Waals surface area contributed by atoms with E-state index in [1.54, 1.807) is 0 Å². The molecule has 0 atom stereocenters. The van der Waals surface area contributed by atoms with Crippen molar-refractivity contribution in [1.29, 1.82) is 0 Å². The molecule has 2 aromatic rings. The molecular weight excluding hydrogens is 300 g/mol. The van der Waals surface area contributed by atoms with E-state index in [0.29, 0.717) is 9.23 Å². The number of rotatable bonds is 3. The number of nitrogens with zero attached hydrogens (tertiary/aromatic N) is 1. The lowest BCUT2D eigenvalue weighted by Crippen LogP contribution is -2.17. The van der Waals surface area contributed by atoms with Gasteiger partial charge in [0, 0.05) is 28.7 Å². The minimum Gasteiger partial charge on any atom is -0.340 e. The van der Waals surface area contributed by atoms with Crippen LogP contribution in [-0.2, 0) is 11.3 Å². The normalized spacial score (nSPS) is 16.7. The van der Waals surface area contributed by atoms with E-state index in [1.807, 2.05) is 24.3 Å². The molecule has 0 radical (unpaired) electrons. The smallest absolute Gasteiger partial charge is 0.263 e. The molecule has 1 aromatic heterocycles. The Morgan fingerprint density at radius 2 is 2.19 bits per heavy atom. The molecule has 1 N–H and O–H groups in total. The van der Waals surface area contributed by atoms with E-state index in [2.05, 4.69) is 35.5 Å². The molecule has 3 rings (SSSR count). The minimum atomic E-state index is -0.120. The van der Waals surface area contributed by atoms with Crippen molar-refractivity contribution in [1.82, 2.24) is 9.88 Å². The zero-order valence-corrected chi connectivity index (χ0v) is 13.2. The summed E-state index contributed by atoms with van der Waals surface area (Å²) in [4.78, 5) is 12.5. The van der Waals surface area contributed by atoms with E-state index in [-0.39, 0.29) is 5.91 Å². The highest BCUT2D eigenvalue weighted by atomic mass is 32.2. The van der Waals surface area contributed by atoms with Gasteiger partial charge in [0.15, 0.2) is 0 Å². The van der Waals surface area contributed by atoms with Crippen LogP contribution in [0.2, 0.25) is 0 Å². The Morgan fingerprint density at radius 1 is 1.43 bits per heavy atom. The highest BCUT2D eigenvalue weighted by Gasteiger charge is 2.23. The SMILES string of the molecule is C=CCn1c(C)c(C=C2SC(=S)NC2=O)c2ccccc21. The van der Waals surface area contributed by atoms with Crippen molar-refractivity contribution in [3.05, 3.63) is 53.1 Å². The molecule has 1 amide bonds. The molecule has 0 spiro atoms. The van der Waals surface area contributed by atoms with Gasteiger partial charge in [-0.3, -0.25) is 4.79 Å². The fraction of sp³-hybridized carbons (Fsp3) is 0.125. The molecule has 1 aliphatic rings. The van der Waals surface area contributed by atoms with Crippen molar-refractivity contribution >= 4 is 51.2 Å².